The first kappa shape index (κ1) is 15.9. The quantitative estimate of drug-likeness (QED) is 0.921. The zero-order chi connectivity index (χ0) is 15.4. The molecule has 0 aliphatic carbocycles. The molecule has 1 amide bonds. The monoisotopic (exact) mass is 294 g/mol. The van der Waals surface area contributed by atoms with E-state index in [0.717, 1.165) is 25.1 Å². The molecular formula is C16H23FN2O2. The van der Waals surface area contributed by atoms with Gasteiger partial charge >= 0.3 is 0 Å². The van der Waals surface area contributed by atoms with Crippen molar-refractivity contribution in [1.29, 1.82) is 0 Å². The number of amides is 1. The van der Waals surface area contributed by atoms with Gasteiger partial charge in [0.2, 0.25) is 0 Å². The lowest BCUT2D eigenvalue weighted by molar-refractivity contribution is -0.141. The van der Waals surface area contributed by atoms with Gasteiger partial charge < -0.3 is 10.0 Å². The Hall–Kier alpha value is -1.46. The number of halogens is 1. The molecule has 2 unspecified atom stereocenters. The highest BCUT2D eigenvalue weighted by molar-refractivity contribution is 5.80. The van der Waals surface area contributed by atoms with Gasteiger partial charge in [-0.3, -0.25) is 9.69 Å². The van der Waals surface area contributed by atoms with E-state index in [2.05, 4.69) is 11.8 Å². The van der Waals surface area contributed by atoms with Crippen molar-refractivity contribution in [3.05, 3.63) is 35.6 Å². The maximum Gasteiger partial charge on any atom is 0.251 e. The smallest absolute Gasteiger partial charge is 0.251 e. The van der Waals surface area contributed by atoms with E-state index in [4.69, 9.17) is 0 Å². The van der Waals surface area contributed by atoms with Crippen LogP contribution in [0.15, 0.2) is 24.3 Å². The summed E-state index contributed by atoms with van der Waals surface area (Å²) in [7, 11) is 0. The Morgan fingerprint density at radius 3 is 2.29 bits per heavy atom. The molecule has 1 aliphatic rings. The van der Waals surface area contributed by atoms with Crippen molar-refractivity contribution in [2.75, 3.05) is 26.2 Å². The number of aliphatic hydroxyl groups is 1. The lowest BCUT2D eigenvalue weighted by atomic mass is 10.0. The van der Waals surface area contributed by atoms with Crippen LogP contribution in [-0.2, 0) is 4.79 Å². The fourth-order valence-corrected chi connectivity index (χ4v) is 2.91. The largest absolute Gasteiger partial charge is 0.384 e. The standard InChI is InChI=1S/C16H23FN2O2/c1-3-15(13-4-6-14(17)7-5-13)18-8-10-19(11-9-18)16(21)12(2)20/h4-7,12,15,20H,3,8-11H2,1-2H3. The van der Waals surface area contributed by atoms with E-state index in [1.807, 2.05) is 12.1 Å². The van der Waals surface area contributed by atoms with Crippen molar-refractivity contribution in [2.24, 2.45) is 0 Å². The molecule has 21 heavy (non-hydrogen) atoms. The van der Waals surface area contributed by atoms with Crippen LogP contribution in [0.4, 0.5) is 4.39 Å². The Kier molecular flexibility index (Phi) is 5.31. The van der Waals surface area contributed by atoms with Crippen LogP contribution in [0.5, 0.6) is 0 Å². The Bertz CT molecular complexity index is 468. The number of carbonyl (C=O) groups excluding carboxylic acids is 1. The number of carbonyl (C=O) groups is 1. The topological polar surface area (TPSA) is 43.8 Å². The molecule has 2 atom stereocenters. The average molecular weight is 294 g/mol. The molecule has 0 saturated carbocycles. The summed E-state index contributed by atoms with van der Waals surface area (Å²) in [6.45, 7) is 6.41. The van der Waals surface area contributed by atoms with Crippen LogP contribution in [0, 0.1) is 5.82 Å². The van der Waals surface area contributed by atoms with E-state index in [1.165, 1.54) is 19.1 Å². The number of benzene rings is 1. The molecule has 5 heteroatoms. The number of aliphatic hydroxyl groups excluding tert-OH is 1. The number of hydrogen-bond donors (Lipinski definition) is 1. The fraction of sp³-hybridized carbons (Fsp3) is 0.562. The Balaban J connectivity index is 1.99. The molecule has 116 valence electrons. The predicted molar refractivity (Wildman–Crippen MR) is 79.3 cm³/mol. The first-order valence-electron chi connectivity index (χ1n) is 7.49. The first-order valence-corrected chi connectivity index (χ1v) is 7.49. The van der Waals surface area contributed by atoms with Gasteiger partial charge in [0.05, 0.1) is 0 Å². The molecule has 0 bridgehead atoms. The zero-order valence-electron chi connectivity index (χ0n) is 12.6. The second-order valence-electron chi connectivity index (χ2n) is 5.51. The van der Waals surface area contributed by atoms with Gasteiger partial charge in [0.1, 0.15) is 11.9 Å². The molecule has 1 heterocycles. The predicted octanol–water partition coefficient (Wildman–Crippen LogP) is 1.80. The fourth-order valence-electron chi connectivity index (χ4n) is 2.91. The molecular weight excluding hydrogens is 271 g/mol. The van der Waals surface area contributed by atoms with Gasteiger partial charge in [-0.1, -0.05) is 19.1 Å². The minimum Gasteiger partial charge on any atom is -0.384 e. The third kappa shape index (κ3) is 3.80. The van der Waals surface area contributed by atoms with Crippen molar-refractivity contribution in [3.63, 3.8) is 0 Å². The molecule has 1 aliphatic heterocycles. The van der Waals surface area contributed by atoms with E-state index < -0.39 is 6.10 Å². The highest BCUT2D eigenvalue weighted by atomic mass is 19.1. The first-order chi connectivity index (χ1) is 10.0. The summed E-state index contributed by atoms with van der Waals surface area (Å²) in [5.74, 6) is -0.426. The van der Waals surface area contributed by atoms with Crippen LogP contribution < -0.4 is 0 Å². The van der Waals surface area contributed by atoms with Gasteiger partial charge in [0.25, 0.3) is 5.91 Å². The van der Waals surface area contributed by atoms with Crippen LogP contribution in [0.1, 0.15) is 31.9 Å². The third-order valence-corrected chi connectivity index (χ3v) is 4.07. The van der Waals surface area contributed by atoms with Crippen molar-refractivity contribution in [2.45, 2.75) is 32.4 Å². The minimum atomic E-state index is -0.935. The van der Waals surface area contributed by atoms with Gasteiger partial charge in [-0.2, -0.15) is 0 Å². The van der Waals surface area contributed by atoms with E-state index in [1.54, 1.807) is 4.90 Å². The van der Waals surface area contributed by atoms with Crippen molar-refractivity contribution in [1.82, 2.24) is 9.80 Å². The van der Waals surface area contributed by atoms with E-state index in [9.17, 15) is 14.3 Å². The van der Waals surface area contributed by atoms with Gasteiger partial charge in [-0.15, -0.1) is 0 Å². The minimum absolute atomic E-state index is 0.204. The highest BCUT2D eigenvalue weighted by Gasteiger charge is 2.27. The Labute approximate surface area is 125 Å². The number of hydrogen-bond acceptors (Lipinski definition) is 3. The van der Waals surface area contributed by atoms with Gasteiger partial charge in [-0.05, 0) is 31.0 Å². The summed E-state index contributed by atoms with van der Waals surface area (Å²) in [5, 5.41) is 9.36. The molecule has 2 rings (SSSR count). The van der Waals surface area contributed by atoms with Crippen LogP contribution in [0.2, 0.25) is 0 Å². The molecule has 1 saturated heterocycles. The summed E-state index contributed by atoms with van der Waals surface area (Å²) >= 11 is 0. The molecule has 1 aromatic carbocycles. The summed E-state index contributed by atoms with van der Waals surface area (Å²) < 4.78 is 13.0. The highest BCUT2D eigenvalue weighted by Crippen LogP contribution is 2.25. The second-order valence-corrected chi connectivity index (χ2v) is 5.51. The lowest BCUT2D eigenvalue weighted by Gasteiger charge is -2.39. The maximum atomic E-state index is 13.0. The second kappa shape index (κ2) is 7.00. The summed E-state index contributed by atoms with van der Waals surface area (Å²) in [4.78, 5) is 15.8. The maximum absolute atomic E-state index is 13.0. The van der Waals surface area contributed by atoms with Gasteiger partial charge in [-0.25, -0.2) is 4.39 Å². The van der Waals surface area contributed by atoms with Crippen LogP contribution in [-0.4, -0.2) is 53.1 Å². The van der Waals surface area contributed by atoms with Gasteiger partial charge in [0.15, 0.2) is 0 Å². The third-order valence-electron chi connectivity index (χ3n) is 4.07. The molecule has 1 aromatic rings. The lowest BCUT2D eigenvalue weighted by Crippen LogP contribution is -2.51. The van der Waals surface area contributed by atoms with E-state index in [-0.39, 0.29) is 17.8 Å². The number of piperazine rings is 1. The number of nitrogens with zero attached hydrogens (tertiary/aromatic N) is 2. The molecule has 0 aromatic heterocycles. The summed E-state index contributed by atoms with van der Waals surface area (Å²) in [6, 6.07) is 6.89. The number of rotatable bonds is 4. The molecule has 1 fully saturated rings. The molecule has 4 nitrogen and oxygen atoms in total. The average Bonchev–Trinajstić information content (AvgIpc) is 2.50. The van der Waals surface area contributed by atoms with Crippen LogP contribution in [0.3, 0.4) is 0 Å². The van der Waals surface area contributed by atoms with Crippen LogP contribution in [0.25, 0.3) is 0 Å². The van der Waals surface area contributed by atoms with E-state index >= 15 is 0 Å². The molecule has 1 N–H and O–H groups in total. The van der Waals surface area contributed by atoms with E-state index in [0.29, 0.717) is 13.1 Å². The van der Waals surface area contributed by atoms with Crippen molar-refractivity contribution >= 4 is 5.91 Å². The van der Waals surface area contributed by atoms with Crippen LogP contribution >= 0.6 is 0 Å². The Morgan fingerprint density at radius 2 is 1.81 bits per heavy atom. The molecule has 0 radical (unpaired) electrons. The molecule has 0 spiro atoms. The van der Waals surface area contributed by atoms with Gasteiger partial charge in [0, 0.05) is 32.2 Å². The zero-order valence-corrected chi connectivity index (χ0v) is 12.6. The van der Waals surface area contributed by atoms with Crippen molar-refractivity contribution in [3.8, 4) is 0 Å². The normalized spacial score (nSPS) is 19.3. The Morgan fingerprint density at radius 1 is 1.24 bits per heavy atom. The summed E-state index contributed by atoms with van der Waals surface area (Å²) in [5.41, 5.74) is 1.11. The van der Waals surface area contributed by atoms with Crippen molar-refractivity contribution < 1.29 is 14.3 Å². The summed E-state index contributed by atoms with van der Waals surface area (Å²) in [6.07, 6.45) is 0.00585. The SMILES string of the molecule is CCC(c1ccc(F)cc1)N1CCN(C(=O)C(C)O)CC1.